The molecular weight excluding hydrogens is 232 g/mol. The maximum atomic E-state index is 12.4. The Labute approximate surface area is 109 Å². The molecule has 0 aromatic heterocycles. The first-order chi connectivity index (χ1) is 8.22. The predicted octanol–water partition coefficient (Wildman–Crippen LogP) is 1.87. The van der Waals surface area contributed by atoms with Crippen molar-refractivity contribution in [2.75, 3.05) is 18.1 Å². The number of amides is 1. The Balaban J connectivity index is 1.89. The molecule has 2 saturated heterocycles. The van der Waals surface area contributed by atoms with Gasteiger partial charge >= 0.3 is 0 Å². The molecule has 0 radical (unpaired) electrons. The molecule has 17 heavy (non-hydrogen) atoms. The first kappa shape index (κ1) is 13.2. The van der Waals surface area contributed by atoms with Crippen LogP contribution in [0.2, 0.25) is 0 Å². The van der Waals surface area contributed by atoms with Crippen molar-refractivity contribution in [2.45, 2.75) is 57.7 Å². The second-order valence-electron chi connectivity index (χ2n) is 5.22. The number of nitrogens with zero attached hydrogens (tertiary/aromatic N) is 1. The first-order valence-corrected chi connectivity index (χ1v) is 8.00. The van der Waals surface area contributed by atoms with E-state index in [1.54, 1.807) is 0 Å². The van der Waals surface area contributed by atoms with E-state index in [1.807, 2.05) is 11.8 Å². The fourth-order valence-electron chi connectivity index (χ4n) is 2.99. The normalized spacial score (nSPS) is 34.0. The molecule has 3 atom stereocenters. The summed E-state index contributed by atoms with van der Waals surface area (Å²) in [5, 5.41) is 3.45. The number of hydrogen-bond acceptors (Lipinski definition) is 3. The summed E-state index contributed by atoms with van der Waals surface area (Å²) < 4.78 is 0. The van der Waals surface area contributed by atoms with Crippen LogP contribution in [0.4, 0.5) is 0 Å². The fraction of sp³-hybridized carbons (Fsp3) is 0.923. The van der Waals surface area contributed by atoms with Gasteiger partial charge in [0.05, 0.1) is 0 Å². The minimum absolute atomic E-state index is 0.363. The smallest absolute Gasteiger partial charge is 0.224 e. The van der Waals surface area contributed by atoms with Gasteiger partial charge in [-0.25, -0.2) is 0 Å². The number of hydrogen-bond donors (Lipinski definition) is 1. The number of rotatable bonds is 3. The molecule has 0 aromatic rings. The fourth-order valence-corrected chi connectivity index (χ4v) is 3.94. The van der Waals surface area contributed by atoms with Gasteiger partial charge in [-0.15, -0.1) is 0 Å². The van der Waals surface area contributed by atoms with Crippen LogP contribution < -0.4 is 5.32 Å². The van der Waals surface area contributed by atoms with Crippen LogP contribution >= 0.6 is 11.8 Å². The zero-order chi connectivity index (χ0) is 12.3. The van der Waals surface area contributed by atoms with E-state index in [4.69, 9.17) is 0 Å². The molecule has 1 N–H and O–H groups in total. The molecule has 1 amide bonds. The van der Waals surface area contributed by atoms with Crippen molar-refractivity contribution >= 4 is 17.7 Å². The molecule has 4 heteroatoms. The largest absolute Gasteiger partial charge is 0.337 e. The second-order valence-corrected chi connectivity index (χ2v) is 6.37. The number of carbonyl (C=O) groups is 1. The summed E-state index contributed by atoms with van der Waals surface area (Å²) >= 11 is 1.96. The van der Waals surface area contributed by atoms with Crippen molar-refractivity contribution in [1.29, 1.82) is 0 Å². The molecule has 3 unspecified atom stereocenters. The maximum absolute atomic E-state index is 12.4. The summed E-state index contributed by atoms with van der Waals surface area (Å²) in [6.07, 6.45) is 4.16. The molecule has 3 nitrogen and oxygen atoms in total. The van der Waals surface area contributed by atoms with Gasteiger partial charge < -0.3 is 10.2 Å². The summed E-state index contributed by atoms with van der Waals surface area (Å²) in [6, 6.07) is 1.34. The summed E-state index contributed by atoms with van der Waals surface area (Å²) in [7, 11) is 0. The lowest BCUT2D eigenvalue weighted by molar-refractivity contribution is -0.134. The summed E-state index contributed by atoms with van der Waals surface area (Å²) in [4.78, 5) is 14.5. The van der Waals surface area contributed by atoms with Gasteiger partial charge in [0.25, 0.3) is 0 Å². The number of likely N-dealkylation sites (tertiary alicyclic amines) is 1. The van der Waals surface area contributed by atoms with Crippen LogP contribution in [0.15, 0.2) is 0 Å². The predicted molar refractivity (Wildman–Crippen MR) is 73.4 cm³/mol. The highest BCUT2D eigenvalue weighted by molar-refractivity contribution is 7.99. The molecule has 2 fully saturated rings. The van der Waals surface area contributed by atoms with E-state index in [0.29, 0.717) is 30.5 Å². The lowest BCUT2D eigenvalue weighted by atomic mass is 10.1. The van der Waals surface area contributed by atoms with Gasteiger partial charge in [0, 0.05) is 42.6 Å². The third-order valence-corrected chi connectivity index (χ3v) is 5.10. The van der Waals surface area contributed by atoms with E-state index in [0.717, 1.165) is 18.7 Å². The Kier molecular flexibility index (Phi) is 4.74. The molecule has 0 aliphatic carbocycles. The van der Waals surface area contributed by atoms with Crippen LogP contribution in [-0.4, -0.2) is 47.0 Å². The average Bonchev–Trinajstić information content (AvgIpc) is 2.71. The molecule has 2 heterocycles. The van der Waals surface area contributed by atoms with Gasteiger partial charge in [0.1, 0.15) is 0 Å². The standard InChI is InChI=1S/C13H24N2OS/c1-3-12-5-4-10(2)15(12)13(16)8-11-9-17-7-6-14-11/h10-12,14H,3-9H2,1-2H3. The Morgan fingerprint density at radius 3 is 2.94 bits per heavy atom. The summed E-state index contributed by atoms with van der Waals surface area (Å²) in [6.45, 7) is 5.43. The SMILES string of the molecule is CCC1CCC(C)N1C(=O)CC1CSCCN1. The quantitative estimate of drug-likeness (QED) is 0.836. The Hall–Kier alpha value is -0.220. The van der Waals surface area contributed by atoms with E-state index in [-0.39, 0.29) is 0 Å². The van der Waals surface area contributed by atoms with Crippen molar-refractivity contribution in [1.82, 2.24) is 10.2 Å². The van der Waals surface area contributed by atoms with Crippen LogP contribution in [0.5, 0.6) is 0 Å². The molecule has 0 saturated carbocycles. The Bertz CT molecular complexity index is 266. The monoisotopic (exact) mass is 256 g/mol. The zero-order valence-electron chi connectivity index (χ0n) is 10.9. The van der Waals surface area contributed by atoms with E-state index >= 15 is 0 Å². The van der Waals surface area contributed by atoms with Crippen LogP contribution in [0.25, 0.3) is 0 Å². The molecule has 0 aromatic carbocycles. The van der Waals surface area contributed by atoms with E-state index in [2.05, 4.69) is 24.1 Å². The molecular formula is C13H24N2OS. The summed E-state index contributed by atoms with van der Waals surface area (Å²) in [5.74, 6) is 2.63. The van der Waals surface area contributed by atoms with Crippen molar-refractivity contribution in [3.8, 4) is 0 Å². The minimum atomic E-state index is 0.363. The Morgan fingerprint density at radius 2 is 2.29 bits per heavy atom. The molecule has 2 rings (SSSR count). The van der Waals surface area contributed by atoms with Crippen molar-refractivity contribution < 1.29 is 4.79 Å². The topological polar surface area (TPSA) is 32.3 Å². The number of thioether (sulfide) groups is 1. The highest BCUT2D eigenvalue weighted by Crippen LogP contribution is 2.27. The van der Waals surface area contributed by atoms with Crippen LogP contribution in [0, 0.1) is 0 Å². The maximum Gasteiger partial charge on any atom is 0.224 e. The molecule has 0 bridgehead atoms. The van der Waals surface area contributed by atoms with Crippen molar-refractivity contribution in [2.24, 2.45) is 0 Å². The van der Waals surface area contributed by atoms with Crippen molar-refractivity contribution in [3.05, 3.63) is 0 Å². The van der Waals surface area contributed by atoms with Gasteiger partial charge in [-0.05, 0) is 26.2 Å². The third kappa shape index (κ3) is 3.16. The van der Waals surface area contributed by atoms with Crippen LogP contribution in [0.1, 0.15) is 39.5 Å². The molecule has 98 valence electrons. The van der Waals surface area contributed by atoms with E-state index in [1.165, 1.54) is 18.6 Å². The number of nitrogens with one attached hydrogen (secondary N) is 1. The minimum Gasteiger partial charge on any atom is -0.337 e. The van der Waals surface area contributed by atoms with E-state index < -0.39 is 0 Å². The summed E-state index contributed by atoms with van der Waals surface area (Å²) in [5.41, 5.74) is 0. The Morgan fingerprint density at radius 1 is 1.47 bits per heavy atom. The molecule has 2 aliphatic rings. The van der Waals surface area contributed by atoms with Gasteiger partial charge in [0.15, 0.2) is 0 Å². The van der Waals surface area contributed by atoms with Crippen LogP contribution in [0.3, 0.4) is 0 Å². The van der Waals surface area contributed by atoms with Crippen molar-refractivity contribution in [3.63, 3.8) is 0 Å². The van der Waals surface area contributed by atoms with Crippen LogP contribution in [-0.2, 0) is 4.79 Å². The van der Waals surface area contributed by atoms with Gasteiger partial charge in [-0.2, -0.15) is 11.8 Å². The van der Waals surface area contributed by atoms with Gasteiger partial charge in [-0.1, -0.05) is 6.92 Å². The molecule has 2 aliphatic heterocycles. The first-order valence-electron chi connectivity index (χ1n) is 6.84. The van der Waals surface area contributed by atoms with Gasteiger partial charge in [0.2, 0.25) is 5.91 Å². The zero-order valence-corrected chi connectivity index (χ0v) is 11.8. The average molecular weight is 256 g/mol. The highest BCUT2D eigenvalue weighted by Gasteiger charge is 2.33. The highest BCUT2D eigenvalue weighted by atomic mass is 32.2. The molecule has 0 spiro atoms. The third-order valence-electron chi connectivity index (χ3n) is 3.96. The number of carbonyl (C=O) groups excluding carboxylic acids is 1. The lowest BCUT2D eigenvalue weighted by Crippen LogP contribution is -2.45. The second kappa shape index (κ2) is 6.10. The lowest BCUT2D eigenvalue weighted by Gasteiger charge is -2.31. The van der Waals surface area contributed by atoms with Gasteiger partial charge in [-0.3, -0.25) is 4.79 Å². The van der Waals surface area contributed by atoms with E-state index in [9.17, 15) is 4.79 Å².